The molecule has 0 saturated heterocycles. The first-order valence-electron chi connectivity index (χ1n) is 6.81. The van der Waals surface area contributed by atoms with Gasteiger partial charge < -0.3 is 4.90 Å². The Bertz CT molecular complexity index is 694. The van der Waals surface area contributed by atoms with E-state index >= 15 is 0 Å². The van der Waals surface area contributed by atoms with Crippen molar-refractivity contribution < 1.29 is 9.59 Å². The lowest BCUT2D eigenvalue weighted by atomic mass is 9.98. The Morgan fingerprint density at radius 1 is 1.10 bits per heavy atom. The quantitative estimate of drug-likeness (QED) is 0.816. The van der Waals surface area contributed by atoms with E-state index in [2.05, 4.69) is 0 Å². The van der Waals surface area contributed by atoms with Gasteiger partial charge >= 0.3 is 0 Å². The largest absolute Gasteiger partial charge is 0.331 e. The minimum absolute atomic E-state index is 0.0700. The average molecular weight is 300 g/mol. The summed E-state index contributed by atoms with van der Waals surface area (Å²) in [5, 5.41) is 0.592. The normalized spacial score (nSPS) is 14.0. The second-order valence-electron chi connectivity index (χ2n) is 5.06. The highest BCUT2D eigenvalue weighted by molar-refractivity contribution is 6.30. The lowest BCUT2D eigenvalue weighted by molar-refractivity contribution is 0.0696. The van der Waals surface area contributed by atoms with Crippen LogP contribution in [0.15, 0.2) is 48.5 Å². The fraction of sp³-hybridized carbons (Fsp3) is 0.176. The van der Waals surface area contributed by atoms with Crippen LogP contribution < -0.4 is 0 Å². The monoisotopic (exact) mass is 299 g/mol. The van der Waals surface area contributed by atoms with Gasteiger partial charge in [-0.1, -0.05) is 29.8 Å². The molecule has 3 nitrogen and oxygen atoms in total. The molecule has 0 radical (unpaired) electrons. The van der Waals surface area contributed by atoms with Crippen LogP contribution in [0, 0.1) is 0 Å². The Labute approximate surface area is 128 Å². The molecule has 3 rings (SSSR count). The Balaban J connectivity index is 1.76. The molecule has 0 unspecified atom stereocenters. The number of nitrogens with zero attached hydrogens (tertiary/aromatic N) is 1. The molecule has 2 aromatic rings. The van der Waals surface area contributed by atoms with Gasteiger partial charge in [-0.3, -0.25) is 9.59 Å². The van der Waals surface area contributed by atoms with Gasteiger partial charge in [0.1, 0.15) is 0 Å². The lowest BCUT2D eigenvalue weighted by Crippen LogP contribution is -2.40. The van der Waals surface area contributed by atoms with Crippen molar-refractivity contribution in [2.75, 3.05) is 13.1 Å². The Kier molecular flexibility index (Phi) is 3.76. The van der Waals surface area contributed by atoms with E-state index in [0.29, 0.717) is 22.7 Å². The SMILES string of the molecule is O=C(CN1CCc2ccccc2C1=O)c1ccc(Cl)cc1. The van der Waals surface area contributed by atoms with Gasteiger partial charge in [-0.05, 0) is 42.3 Å². The molecule has 0 N–H and O–H groups in total. The van der Waals surface area contributed by atoms with Crippen LogP contribution >= 0.6 is 11.6 Å². The molecule has 0 atom stereocenters. The average Bonchev–Trinajstić information content (AvgIpc) is 2.51. The molecule has 0 aliphatic carbocycles. The molecule has 21 heavy (non-hydrogen) atoms. The van der Waals surface area contributed by atoms with Crippen LogP contribution in [0.1, 0.15) is 26.3 Å². The fourth-order valence-electron chi connectivity index (χ4n) is 2.53. The van der Waals surface area contributed by atoms with Crippen molar-refractivity contribution in [3.8, 4) is 0 Å². The van der Waals surface area contributed by atoms with Gasteiger partial charge in [0.05, 0.1) is 6.54 Å². The van der Waals surface area contributed by atoms with Gasteiger partial charge in [-0.15, -0.1) is 0 Å². The number of carbonyl (C=O) groups is 2. The third-order valence-corrected chi connectivity index (χ3v) is 3.94. The van der Waals surface area contributed by atoms with Gasteiger partial charge in [0, 0.05) is 22.7 Å². The van der Waals surface area contributed by atoms with E-state index in [-0.39, 0.29) is 18.2 Å². The standard InChI is InChI=1S/C17H14ClNO2/c18-14-7-5-13(6-8-14)16(20)11-19-10-9-12-3-1-2-4-15(12)17(19)21/h1-8H,9-11H2. The fourth-order valence-corrected chi connectivity index (χ4v) is 2.65. The molecule has 0 spiro atoms. The van der Waals surface area contributed by atoms with E-state index in [1.807, 2.05) is 24.3 Å². The molecule has 2 aromatic carbocycles. The third kappa shape index (κ3) is 2.83. The molecule has 1 aliphatic heterocycles. The highest BCUT2D eigenvalue weighted by Crippen LogP contribution is 2.19. The Morgan fingerprint density at radius 3 is 2.57 bits per heavy atom. The number of carbonyl (C=O) groups excluding carboxylic acids is 2. The van der Waals surface area contributed by atoms with Gasteiger partial charge in [-0.2, -0.15) is 0 Å². The molecule has 0 aromatic heterocycles. The summed E-state index contributed by atoms with van der Waals surface area (Å²) in [4.78, 5) is 26.2. The number of ketones is 1. The second kappa shape index (κ2) is 5.70. The van der Waals surface area contributed by atoms with Crippen molar-refractivity contribution in [3.05, 3.63) is 70.2 Å². The minimum atomic E-state index is -0.0702. The van der Waals surface area contributed by atoms with E-state index in [9.17, 15) is 9.59 Å². The molecule has 1 heterocycles. The number of fused-ring (bicyclic) bond motifs is 1. The van der Waals surface area contributed by atoms with Crippen molar-refractivity contribution in [2.45, 2.75) is 6.42 Å². The van der Waals surface area contributed by atoms with E-state index in [4.69, 9.17) is 11.6 Å². The van der Waals surface area contributed by atoms with Crippen LogP contribution in [0.3, 0.4) is 0 Å². The van der Waals surface area contributed by atoms with Gasteiger partial charge in [0.25, 0.3) is 5.91 Å². The van der Waals surface area contributed by atoms with Gasteiger partial charge in [0.15, 0.2) is 5.78 Å². The predicted octanol–water partition coefficient (Wildman–Crippen LogP) is 3.22. The predicted molar refractivity (Wildman–Crippen MR) is 81.8 cm³/mol. The van der Waals surface area contributed by atoms with Crippen LogP contribution in [0.2, 0.25) is 5.02 Å². The zero-order valence-corrected chi connectivity index (χ0v) is 12.1. The second-order valence-corrected chi connectivity index (χ2v) is 5.50. The van der Waals surface area contributed by atoms with Crippen LogP contribution in [0.5, 0.6) is 0 Å². The van der Waals surface area contributed by atoms with Crippen LogP contribution in [0.25, 0.3) is 0 Å². The summed E-state index contributed by atoms with van der Waals surface area (Å²) < 4.78 is 0. The summed E-state index contributed by atoms with van der Waals surface area (Å²) in [6, 6.07) is 14.3. The highest BCUT2D eigenvalue weighted by Gasteiger charge is 2.25. The maximum Gasteiger partial charge on any atom is 0.254 e. The van der Waals surface area contributed by atoms with E-state index in [1.54, 1.807) is 29.2 Å². The summed E-state index contributed by atoms with van der Waals surface area (Å²) in [5.41, 5.74) is 2.33. The first kappa shape index (κ1) is 13.8. The van der Waals surface area contributed by atoms with E-state index in [0.717, 1.165) is 12.0 Å². The number of benzene rings is 2. The van der Waals surface area contributed by atoms with E-state index < -0.39 is 0 Å². The van der Waals surface area contributed by atoms with Crippen LogP contribution in [-0.2, 0) is 6.42 Å². The maximum atomic E-state index is 12.4. The first-order valence-corrected chi connectivity index (χ1v) is 7.19. The van der Waals surface area contributed by atoms with E-state index in [1.165, 1.54) is 0 Å². The number of halogens is 1. The van der Waals surface area contributed by atoms with Crippen molar-refractivity contribution in [2.24, 2.45) is 0 Å². The summed E-state index contributed by atoms with van der Waals surface area (Å²) in [7, 11) is 0. The molecule has 0 bridgehead atoms. The highest BCUT2D eigenvalue weighted by atomic mass is 35.5. The smallest absolute Gasteiger partial charge is 0.254 e. The summed E-state index contributed by atoms with van der Waals surface area (Å²) in [5.74, 6) is -0.140. The van der Waals surface area contributed by atoms with Crippen molar-refractivity contribution in [1.82, 2.24) is 4.90 Å². The number of amides is 1. The van der Waals surface area contributed by atoms with Crippen molar-refractivity contribution in [1.29, 1.82) is 0 Å². The molecule has 4 heteroatoms. The Morgan fingerprint density at radius 2 is 1.81 bits per heavy atom. The molecule has 0 saturated carbocycles. The first-order chi connectivity index (χ1) is 10.1. The number of hydrogen-bond acceptors (Lipinski definition) is 2. The van der Waals surface area contributed by atoms with Gasteiger partial charge in [0.2, 0.25) is 0 Å². The molecule has 0 fully saturated rings. The molecule has 1 amide bonds. The summed E-state index contributed by atoms with van der Waals surface area (Å²) in [6.45, 7) is 0.685. The minimum Gasteiger partial charge on any atom is -0.331 e. The van der Waals surface area contributed by atoms with Crippen molar-refractivity contribution in [3.63, 3.8) is 0 Å². The topological polar surface area (TPSA) is 37.4 Å². The van der Waals surface area contributed by atoms with Crippen LogP contribution in [-0.4, -0.2) is 29.7 Å². The maximum absolute atomic E-state index is 12.4. The van der Waals surface area contributed by atoms with Crippen molar-refractivity contribution >= 4 is 23.3 Å². The molecular weight excluding hydrogens is 286 g/mol. The molecule has 1 aliphatic rings. The number of rotatable bonds is 3. The zero-order valence-electron chi connectivity index (χ0n) is 11.4. The van der Waals surface area contributed by atoms with Gasteiger partial charge in [-0.25, -0.2) is 0 Å². The van der Waals surface area contributed by atoms with Crippen LogP contribution in [0.4, 0.5) is 0 Å². The Hall–Kier alpha value is -2.13. The summed E-state index contributed by atoms with van der Waals surface area (Å²) in [6.07, 6.45) is 0.788. The zero-order chi connectivity index (χ0) is 14.8. The molecular formula is C17H14ClNO2. The summed E-state index contributed by atoms with van der Waals surface area (Å²) >= 11 is 5.81. The lowest BCUT2D eigenvalue weighted by Gasteiger charge is -2.27. The number of Topliss-reactive ketones (excluding diaryl/α,β-unsaturated/α-hetero) is 1. The number of hydrogen-bond donors (Lipinski definition) is 0. The molecule has 106 valence electrons. The third-order valence-electron chi connectivity index (χ3n) is 3.69.